The number of rotatable bonds is 3. The number of benzene rings is 6. The molecule has 5 heteroatoms. The third-order valence-electron chi connectivity index (χ3n) is 6.97. The summed E-state index contributed by atoms with van der Waals surface area (Å²) >= 11 is 0. The summed E-state index contributed by atoms with van der Waals surface area (Å²) in [5.41, 5.74) is 3.13. The van der Waals surface area contributed by atoms with Crippen LogP contribution in [0.25, 0.3) is 32.7 Å². The number of carbonyl (C=O) groups excluding carboxylic acids is 1. The fraction of sp³-hybridized carbons (Fsp3) is 0.0294. The number of phenols is 1. The van der Waals surface area contributed by atoms with Crippen molar-refractivity contribution in [3.63, 3.8) is 0 Å². The van der Waals surface area contributed by atoms with Crippen LogP contribution in [0.5, 0.6) is 23.0 Å². The number of carbonyl (C=O) groups is 1. The minimum atomic E-state index is -0.714. The third-order valence-corrected chi connectivity index (χ3v) is 6.97. The van der Waals surface area contributed by atoms with Gasteiger partial charge in [-0.2, -0.15) is 0 Å². The van der Waals surface area contributed by atoms with Crippen molar-refractivity contribution in [3.05, 3.63) is 132 Å². The Labute approximate surface area is 224 Å². The van der Waals surface area contributed by atoms with Gasteiger partial charge in [-0.15, -0.1) is 0 Å². The van der Waals surface area contributed by atoms with Crippen LogP contribution in [0.4, 0.5) is 0 Å². The summed E-state index contributed by atoms with van der Waals surface area (Å²) in [5, 5.41) is 13.9. The molecule has 0 unspecified atom stereocenters. The average molecular weight is 511 g/mol. The van der Waals surface area contributed by atoms with Crippen molar-refractivity contribution in [2.45, 2.75) is 6.29 Å². The predicted molar refractivity (Wildman–Crippen MR) is 150 cm³/mol. The molecule has 0 spiro atoms. The van der Waals surface area contributed by atoms with Crippen molar-refractivity contribution >= 4 is 27.5 Å². The number of hydrogen-bond donors (Lipinski definition) is 1. The molecule has 0 fully saturated rings. The van der Waals surface area contributed by atoms with E-state index < -0.39 is 12.3 Å². The fourth-order valence-corrected chi connectivity index (χ4v) is 5.06. The summed E-state index contributed by atoms with van der Waals surface area (Å²) in [6, 6.07) is 37.7. The van der Waals surface area contributed by atoms with Gasteiger partial charge in [-0.3, -0.25) is 0 Å². The maximum absolute atomic E-state index is 12.5. The van der Waals surface area contributed by atoms with Crippen LogP contribution in [-0.2, 0) is 0 Å². The lowest BCUT2D eigenvalue weighted by molar-refractivity contribution is 0.00775. The normalized spacial score (nSPS) is 12.6. The Hall–Kier alpha value is -5.29. The molecular formula is C34H22O5. The van der Waals surface area contributed by atoms with E-state index in [0.717, 1.165) is 49.7 Å². The van der Waals surface area contributed by atoms with Gasteiger partial charge in [0.15, 0.2) is 0 Å². The second-order valence-electron chi connectivity index (χ2n) is 9.39. The van der Waals surface area contributed by atoms with E-state index in [2.05, 4.69) is 36.4 Å². The van der Waals surface area contributed by atoms with E-state index in [9.17, 15) is 9.90 Å². The number of hydrogen-bond acceptors (Lipinski definition) is 5. The van der Waals surface area contributed by atoms with Gasteiger partial charge in [0, 0.05) is 16.7 Å². The highest BCUT2D eigenvalue weighted by Gasteiger charge is 2.27. The highest BCUT2D eigenvalue weighted by molar-refractivity contribution is 6.10. The van der Waals surface area contributed by atoms with Crippen LogP contribution < -0.4 is 14.2 Å². The van der Waals surface area contributed by atoms with Gasteiger partial charge in [-0.25, -0.2) is 4.79 Å². The van der Waals surface area contributed by atoms with Gasteiger partial charge in [0.05, 0.1) is 5.56 Å². The van der Waals surface area contributed by atoms with E-state index in [1.54, 1.807) is 12.1 Å². The molecule has 1 aliphatic rings. The molecule has 0 aromatic heterocycles. The van der Waals surface area contributed by atoms with Crippen LogP contribution in [0.2, 0.25) is 0 Å². The first-order valence-electron chi connectivity index (χ1n) is 12.6. The average Bonchev–Trinajstić information content (AvgIpc) is 3.15. The van der Waals surface area contributed by atoms with Gasteiger partial charge in [0.2, 0.25) is 0 Å². The van der Waals surface area contributed by atoms with Crippen molar-refractivity contribution in [3.8, 4) is 34.1 Å². The second kappa shape index (κ2) is 9.23. The number of fused-ring (bicyclic) bond motifs is 7. The van der Waals surface area contributed by atoms with Crippen LogP contribution in [0.1, 0.15) is 22.2 Å². The zero-order valence-corrected chi connectivity index (χ0v) is 20.7. The molecule has 7 rings (SSSR count). The lowest BCUT2D eigenvalue weighted by Crippen LogP contribution is -2.14. The molecule has 0 aliphatic carbocycles. The first kappa shape index (κ1) is 22.9. The highest BCUT2D eigenvalue weighted by Crippen LogP contribution is 2.49. The fourth-order valence-electron chi connectivity index (χ4n) is 5.06. The summed E-state index contributed by atoms with van der Waals surface area (Å²) in [6.45, 7) is 0. The molecule has 0 amide bonds. The number of phenolic OH excluding ortho intramolecular Hbond substituents is 1. The molecule has 0 saturated heterocycles. The molecule has 188 valence electrons. The first-order valence-corrected chi connectivity index (χ1v) is 12.6. The SMILES string of the molecule is O=C(Oc1ccc(C2Oc3ccc4ccccc4c3-c3c(ccc4ccccc34)O2)cc1)c1ccc(O)cc1. The smallest absolute Gasteiger partial charge is 0.343 e. The summed E-state index contributed by atoms with van der Waals surface area (Å²) in [4.78, 5) is 12.5. The molecule has 1 aliphatic heterocycles. The Morgan fingerprint density at radius 1 is 0.615 bits per heavy atom. The molecule has 6 aromatic carbocycles. The Balaban J connectivity index is 1.28. The molecule has 1 N–H and O–H groups in total. The maximum atomic E-state index is 12.5. The van der Waals surface area contributed by atoms with E-state index in [1.807, 2.05) is 48.5 Å². The van der Waals surface area contributed by atoms with Crippen LogP contribution in [0.15, 0.2) is 121 Å². The Morgan fingerprint density at radius 3 is 1.72 bits per heavy atom. The van der Waals surface area contributed by atoms with E-state index in [-0.39, 0.29) is 5.75 Å². The standard InChI is InChI=1S/C34H22O5/c35-25-15-9-23(10-16-25)33(36)37-26-17-11-24(12-18-26)34-38-29-19-13-21-5-1-3-7-27(21)31(29)32-28-8-4-2-6-22(28)14-20-30(32)39-34/h1-20,34-35H. The van der Waals surface area contributed by atoms with E-state index >= 15 is 0 Å². The van der Waals surface area contributed by atoms with Gasteiger partial charge in [-0.1, -0.05) is 60.7 Å². The van der Waals surface area contributed by atoms with Gasteiger partial charge in [-0.05, 0) is 82.2 Å². The molecule has 0 radical (unpaired) electrons. The van der Waals surface area contributed by atoms with Gasteiger partial charge >= 0.3 is 5.97 Å². The van der Waals surface area contributed by atoms with Crippen molar-refractivity contribution < 1.29 is 24.1 Å². The first-order chi connectivity index (χ1) is 19.1. The van der Waals surface area contributed by atoms with Crippen LogP contribution >= 0.6 is 0 Å². The lowest BCUT2D eigenvalue weighted by Gasteiger charge is -2.19. The molecular weight excluding hydrogens is 488 g/mol. The van der Waals surface area contributed by atoms with Crippen LogP contribution in [-0.4, -0.2) is 11.1 Å². The summed E-state index contributed by atoms with van der Waals surface area (Å²) in [7, 11) is 0. The Kier molecular flexibility index (Phi) is 5.41. The zero-order valence-electron chi connectivity index (χ0n) is 20.7. The minimum absolute atomic E-state index is 0.0865. The monoisotopic (exact) mass is 510 g/mol. The van der Waals surface area contributed by atoms with E-state index in [0.29, 0.717) is 11.3 Å². The minimum Gasteiger partial charge on any atom is -0.508 e. The summed E-state index contributed by atoms with van der Waals surface area (Å²) in [6.07, 6.45) is -0.714. The molecule has 1 heterocycles. The molecule has 0 atom stereocenters. The van der Waals surface area contributed by atoms with Gasteiger partial charge < -0.3 is 19.3 Å². The molecule has 39 heavy (non-hydrogen) atoms. The van der Waals surface area contributed by atoms with Gasteiger partial charge in [0.25, 0.3) is 6.29 Å². The zero-order chi connectivity index (χ0) is 26.3. The molecule has 0 saturated carbocycles. The number of esters is 1. The molecule has 6 aromatic rings. The van der Waals surface area contributed by atoms with Crippen molar-refractivity contribution in [2.75, 3.05) is 0 Å². The molecule has 0 bridgehead atoms. The maximum Gasteiger partial charge on any atom is 0.343 e. The lowest BCUT2D eigenvalue weighted by atomic mass is 9.92. The quantitative estimate of drug-likeness (QED) is 0.193. The summed E-state index contributed by atoms with van der Waals surface area (Å²) < 4.78 is 18.6. The van der Waals surface area contributed by atoms with E-state index in [1.165, 1.54) is 24.3 Å². The van der Waals surface area contributed by atoms with Crippen LogP contribution in [0.3, 0.4) is 0 Å². The van der Waals surface area contributed by atoms with Crippen molar-refractivity contribution in [1.29, 1.82) is 0 Å². The predicted octanol–water partition coefficient (Wildman–Crippen LogP) is 8.05. The molecule has 5 nitrogen and oxygen atoms in total. The largest absolute Gasteiger partial charge is 0.508 e. The van der Waals surface area contributed by atoms with Gasteiger partial charge in [0.1, 0.15) is 23.0 Å². The second-order valence-corrected chi connectivity index (χ2v) is 9.39. The van der Waals surface area contributed by atoms with E-state index in [4.69, 9.17) is 14.2 Å². The van der Waals surface area contributed by atoms with Crippen molar-refractivity contribution in [1.82, 2.24) is 0 Å². The van der Waals surface area contributed by atoms with Crippen molar-refractivity contribution in [2.24, 2.45) is 0 Å². The van der Waals surface area contributed by atoms with Crippen LogP contribution in [0, 0.1) is 0 Å². The Morgan fingerprint density at radius 2 is 1.15 bits per heavy atom. The summed E-state index contributed by atoms with van der Waals surface area (Å²) in [5.74, 6) is 1.44. The third kappa shape index (κ3) is 4.10. The number of ether oxygens (including phenoxy) is 3. The highest BCUT2D eigenvalue weighted by atomic mass is 16.7. The number of aromatic hydroxyl groups is 1. The Bertz CT molecular complexity index is 1770. The topological polar surface area (TPSA) is 65.0 Å².